The maximum Gasteiger partial charge on any atom is 0.203 e. The Bertz CT molecular complexity index is 254. The first-order chi connectivity index (χ1) is 5.84. The molecule has 1 saturated heterocycles. The molecule has 1 unspecified atom stereocenters. The Hall–Kier alpha value is -0.680. The maximum absolute atomic E-state index is 5.48. The van der Waals surface area contributed by atoms with E-state index in [4.69, 9.17) is 5.73 Å². The second kappa shape index (κ2) is 3.37. The monoisotopic (exact) mass is 184 g/mol. The molecule has 4 nitrogen and oxygen atoms in total. The van der Waals surface area contributed by atoms with E-state index in [1.807, 2.05) is 0 Å². The van der Waals surface area contributed by atoms with Crippen molar-refractivity contribution in [1.82, 2.24) is 15.5 Å². The van der Waals surface area contributed by atoms with Crippen LogP contribution < -0.4 is 11.1 Å². The van der Waals surface area contributed by atoms with Gasteiger partial charge in [0.15, 0.2) is 0 Å². The lowest BCUT2D eigenvalue weighted by Crippen LogP contribution is -2.23. The van der Waals surface area contributed by atoms with Crippen LogP contribution in [0.2, 0.25) is 0 Å². The number of rotatable bonds is 2. The minimum absolute atomic E-state index is 0.572. The van der Waals surface area contributed by atoms with Crippen molar-refractivity contribution in [1.29, 1.82) is 0 Å². The van der Waals surface area contributed by atoms with Crippen molar-refractivity contribution >= 4 is 16.5 Å². The van der Waals surface area contributed by atoms with Crippen LogP contribution in [0.3, 0.4) is 0 Å². The van der Waals surface area contributed by atoms with Crippen LogP contribution in [-0.2, 0) is 6.42 Å². The highest BCUT2D eigenvalue weighted by molar-refractivity contribution is 7.15. The molecular weight excluding hydrogens is 172 g/mol. The summed E-state index contributed by atoms with van der Waals surface area (Å²) in [4.78, 5) is 0. The van der Waals surface area contributed by atoms with Crippen molar-refractivity contribution < 1.29 is 0 Å². The first-order valence-corrected chi connectivity index (χ1v) is 4.97. The molecule has 2 rings (SSSR count). The van der Waals surface area contributed by atoms with Gasteiger partial charge in [0.25, 0.3) is 0 Å². The lowest BCUT2D eigenvalue weighted by atomic mass is 10.2. The number of nitrogens with zero attached hydrogens (tertiary/aromatic N) is 2. The van der Waals surface area contributed by atoms with E-state index in [0.29, 0.717) is 11.2 Å². The molecule has 0 bridgehead atoms. The van der Waals surface area contributed by atoms with Crippen LogP contribution in [-0.4, -0.2) is 22.8 Å². The molecule has 0 amide bonds. The van der Waals surface area contributed by atoms with E-state index in [0.717, 1.165) is 18.0 Å². The standard InChI is InChI=1S/C7H12N4S/c8-7-11-10-6(12-7)4-5-2-1-3-9-5/h5,9H,1-4H2,(H2,8,11). The van der Waals surface area contributed by atoms with Crippen molar-refractivity contribution in [2.75, 3.05) is 12.3 Å². The second-order valence-electron chi connectivity index (χ2n) is 3.03. The largest absolute Gasteiger partial charge is 0.374 e. The van der Waals surface area contributed by atoms with Gasteiger partial charge in [-0.1, -0.05) is 11.3 Å². The summed E-state index contributed by atoms with van der Waals surface area (Å²) >= 11 is 1.49. The predicted octanol–water partition coefficient (Wildman–Crippen LogP) is 0.415. The molecule has 3 N–H and O–H groups in total. The van der Waals surface area contributed by atoms with E-state index in [9.17, 15) is 0 Å². The van der Waals surface area contributed by atoms with Gasteiger partial charge >= 0.3 is 0 Å². The Morgan fingerprint density at radius 3 is 3.08 bits per heavy atom. The fourth-order valence-corrected chi connectivity index (χ4v) is 2.18. The molecule has 1 aromatic rings. The first-order valence-electron chi connectivity index (χ1n) is 4.16. The normalized spacial score (nSPS) is 23.2. The summed E-state index contributed by atoms with van der Waals surface area (Å²) in [5.41, 5.74) is 5.48. The zero-order valence-electron chi connectivity index (χ0n) is 6.79. The van der Waals surface area contributed by atoms with E-state index in [2.05, 4.69) is 15.5 Å². The Kier molecular flexibility index (Phi) is 2.23. The van der Waals surface area contributed by atoms with Gasteiger partial charge in [0.2, 0.25) is 5.13 Å². The van der Waals surface area contributed by atoms with Crippen LogP contribution in [0.5, 0.6) is 0 Å². The molecule has 1 aliphatic rings. The van der Waals surface area contributed by atoms with Crippen LogP contribution in [0.15, 0.2) is 0 Å². The molecule has 2 heterocycles. The van der Waals surface area contributed by atoms with Crippen molar-refractivity contribution in [2.24, 2.45) is 0 Å². The second-order valence-corrected chi connectivity index (χ2v) is 4.13. The van der Waals surface area contributed by atoms with E-state index in [1.54, 1.807) is 0 Å². The Morgan fingerprint density at radius 1 is 1.58 bits per heavy atom. The SMILES string of the molecule is Nc1nnc(CC2CCCN2)s1. The molecule has 0 saturated carbocycles. The fourth-order valence-electron chi connectivity index (χ4n) is 1.49. The number of aromatic nitrogens is 2. The zero-order chi connectivity index (χ0) is 8.39. The van der Waals surface area contributed by atoms with Crippen molar-refractivity contribution in [3.63, 3.8) is 0 Å². The number of nitrogens with two attached hydrogens (primary N) is 1. The average Bonchev–Trinajstić information content (AvgIpc) is 2.63. The van der Waals surface area contributed by atoms with E-state index in [-0.39, 0.29) is 0 Å². The Morgan fingerprint density at radius 2 is 2.50 bits per heavy atom. The molecule has 1 aliphatic heterocycles. The summed E-state index contributed by atoms with van der Waals surface area (Å²) in [6.45, 7) is 1.14. The smallest absolute Gasteiger partial charge is 0.203 e. The van der Waals surface area contributed by atoms with Gasteiger partial charge in [0.1, 0.15) is 5.01 Å². The Labute approximate surface area is 75.2 Å². The lowest BCUT2D eigenvalue weighted by Gasteiger charge is -2.05. The molecule has 66 valence electrons. The van der Waals surface area contributed by atoms with Gasteiger partial charge in [-0.25, -0.2) is 0 Å². The summed E-state index contributed by atoms with van der Waals surface area (Å²) in [6, 6.07) is 0.595. The van der Waals surface area contributed by atoms with Crippen LogP contribution in [0, 0.1) is 0 Å². The van der Waals surface area contributed by atoms with Crippen LogP contribution in [0.4, 0.5) is 5.13 Å². The quantitative estimate of drug-likeness (QED) is 0.699. The lowest BCUT2D eigenvalue weighted by molar-refractivity contribution is 0.598. The summed E-state index contributed by atoms with van der Waals surface area (Å²) in [7, 11) is 0. The van der Waals surface area contributed by atoms with E-state index < -0.39 is 0 Å². The van der Waals surface area contributed by atoms with Gasteiger partial charge in [-0.3, -0.25) is 0 Å². The number of hydrogen-bond donors (Lipinski definition) is 2. The predicted molar refractivity (Wildman–Crippen MR) is 49.1 cm³/mol. The highest BCUT2D eigenvalue weighted by Gasteiger charge is 2.16. The molecule has 0 aromatic carbocycles. The third-order valence-corrected chi connectivity index (χ3v) is 2.84. The van der Waals surface area contributed by atoms with Gasteiger partial charge in [0, 0.05) is 12.5 Å². The minimum atomic E-state index is 0.572. The number of anilines is 1. The topological polar surface area (TPSA) is 63.8 Å². The third-order valence-electron chi connectivity index (χ3n) is 2.07. The third kappa shape index (κ3) is 1.73. The van der Waals surface area contributed by atoms with Crippen molar-refractivity contribution in [2.45, 2.75) is 25.3 Å². The molecule has 12 heavy (non-hydrogen) atoms. The molecule has 1 atom stereocenters. The first kappa shape index (κ1) is 7.94. The highest BCUT2D eigenvalue weighted by Crippen LogP contribution is 2.16. The highest BCUT2D eigenvalue weighted by atomic mass is 32.1. The molecular formula is C7H12N4S. The molecule has 0 aliphatic carbocycles. The number of nitrogen functional groups attached to an aromatic ring is 1. The molecule has 5 heteroatoms. The summed E-state index contributed by atoms with van der Waals surface area (Å²) < 4.78 is 0. The molecule has 0 spiro atoms. The van der Waals surface area contributed by atoms with Gasteiger partial charge in [0.05, 0.1) is 0 Å². The Balaban J connectivity index is 1.94. The number of nitrogens with one attached hydrogen (secondary N) is 1. The maximum atomic E-state index is 5.48. The van der Waals surface area contributed by atoms with Gasteiger partial charge in [-0.15, -0.1) is 10.2 Å². The fraction of sp³-hybridized carbons (Fsp3) is 0.714. The number of hydrogen-bond acceptors (Lipinski definition) is 5. The summed E-state index contributed by atoms with van der Waals surface area (Å²) in [5, 5.41) is 12.8. The minimum Gasteiger partial charge on any atom is -0.374 e. The van der Waals surface area contributed by atoms with Crippen molar-refractivity contribution in [3.05, 3.63) is 5.01 Å². The van der Waals surface area contributed by atoms with Gasteiger partial charge < -0.3 is 11.1 Å². The van der Waals surface area contributed by atoms with E-state index in [1.165, 1.54) is 24.2 Å². The zero-order valence-corrected chi connectivity index (χ0v) is 7.60. The van der Waals surface area contributed by atoms with Crippen molar-refractivity contribution in [3.8, 4) is 0 Å². The van der Waals surface area contributed by atoms with Gasteiger partial charge in [-0.2, -0.15) is 0 Å². The molecule has 1 aromatic heterocycles. The average molecular weight is 184 g/mol. The van der Waals surface area contributed by atoms with Crippen LogP contribution in [0.1, 0.15) is 17.8 Å². The van der Waals surface area contributed by atoms with Gasteiger partial charge in [-0.05, 0) is 19.4 Å². The summed E-state index contributed by atoms with van der Waals surface area (Å²) in [5.74, 6) is 0. The molecule has 0 radical (unpaired) electrons. The van der Waals surface area contributed by atoms with E-state index >= 15 is 0 Å². The summed E-state index contributed by atoms with van der Waals surface area (Å²) in [6.07, 6.45) is 3.51. The van der Waals surface area contributed by atoms with Crippen LogP contribution >= 0.6 is 11.3 Å². The van der Waals surface area contributed by atoms with Crippen LogP contribution in [0.25, 0.3) is 0 Å². The molecule has 1 fully saturated rings.